The van der Waals surface area contributed by atoms with E-state index in [4.69, 9.17) is 37.4 Å². The molecule has 6 nitrogen and oxygen atoms in total. The lowest BCUT2D eigenvalue weighted by molar-refractivity contribution is -0.143. The SMILES string of the molecule is COc1ccc(CCNC(=O)COC(=O)/C=C/c2ccc(Cl)cc2Cl)cc1OC. The van der Waals surface area contributed by atoms with Crippen molar-refractivity contribution in [3.8, 4) is 11.5 Å². The van der Waals surface area contributed by atoms with Gasteiger partial charge in [-0.2, -0.15) is 0 Å². The lowest BCUT2D eigenvalue weighted by atomic mass is 10.1. The highest BCUT2D eigenvalue weighted by atomic mass is 35.5. The second kappa shape index (κ2) is 11.3. The molecule has 0 fully saturated rings. The minimum atomic E-state index is -0.647. The van der Waals surface area contributed by atoms with Crippen LogP contribution in [-0.2, 0) is 20.7 Å². The molecule has 0 spiro atoms. The van der Waals surface area contributed by atoms with Gasteiger partial charge in [0.1, 0.15) is 0 Å². The van der Waals surface area contributed by atoms with Gasteiger partial charge in [0, 0.05) is 22.7 Å². The third kappa shape index (κ3) is 7.33. The number of benzene rings is 2. The van der Waals surface area contributed by atoms with Gasteiger partial charge in [0.05, 0.1) is 14.2 Å². The number of rotatable bonds is 9. The highest BCUT2D eigenvalue weighted by Crippen LogP contribution is 2.27. The molecule has 2 aromatic carbocycles. The Morgan fingerprint density at radius 3 is 2.48 bits per heavy atom. The molecule has 2 rings (SSSR count). The molecule has 154 valence electrons. The summed E-state index contributed by atoms with van der Waals surface area (Å²) in [5.74, 6) is 0.223. The van der Waals surface area contributed by atoms with Gasteiger partial charge in [-0.1, -0.05) is 35.3 Å². The van der Waals surface area contributed by atoms with Crippen LogP contribution < -0.4 is 14.8 Å². The maximum atomic E-state index is 11.8. The van der Waals surface area contributed by atoms with Crippen LogP contribution in [0.1, 0.15) is 11.1 Å². The zero-order chi connectivity index (χ0) is 21.2. The molecule has 0 aliphatic heterocycles. The topological polar surface area (TPSA) is 73.9 Å². The molecule has 0 aromatic heterocycles. The van der Waals surface area contributed by atoms with Crippen molar-refractivity contribution in [2.24, 2.45) is 0 Å². The summed E-state index contributed by atoms with van der Waals surface area (Å²) < 4.78 is 15.3. The number of carbonyl (C=O) groups is 2. The molecular formula is C21H21Cl2NO5. The first-order chi connectivity index (χ1) is 13.9. The Labute approximate surface area is 179 Å². The van der Waals surface area contributed by atoms with E-state index in [0.717, 1.165) is 5.56 Å². The van der Waals surface area contributed by atoms with E-state index in [2.05, 4.69) is 5.32 Å². The lowest BCUT2D eigenvalue weighted by Crippen LogP contribution is -2.30. The number of halogens is 2. The fraction of sp³-hybridized carbons (Fsp3) is 0.238. The van der Waals surface area contributed by atoms with E-state index in [9.17, 15) is 9.59 Å². The van der Waals surface area contributed by atoms with E-state index >= 15 is 0 Å². The number of amides is 1. The van der Waals surface area contributed by atoms with Crippen molar-refractivity contribution < 1.29 is 23.8 Å². The highest BCUT2D eigenvalue weighted by molar-refractivity contribution is 6.35. The van der Waals surface area contributed by atoms with E-state index in [0.29, 0.717) is 40.1 Å². The number of hydrogen-bond acceptors (Lipinski definition) is 5. The molecule has 29 heavy (non-hydrogen) atoms. The maximum absolute atomic E-state index is 11.8. The molecule has 2 aromatic rings. The van der Waals surface area contributed by atoms with Crippen molar-refractivity contribution in [2.75, 3.05) is 27.4 Å². The van der Waals surface area contributed by atoms with Crippen LogP contribution in [-0.4, -0.2) is 39.2 Å². The highest BCUT2D eigenvalue weighted by Gasteiger charge is 2.07. The summed E-state index contributed by atoms with van der Waals surface area (Å²) in [5.41, 5.74) is 1.59. The third-order valence-corrected chi connectivity index (χ3v) is 4.45. The zero-order valence-corrected chi connectivity index (χ0v) is 17.5. The van der Waals surface area contributed by atoms with Crippen LogP contribution >= 0.6 is 23.2 Å². The summed E-state index contributed by atoms with van der Waals surface area (Å²) >= 11 is 11.8. The number of hydrogen-bond donors (Lipinski definition) is 1. The van der Waals surface area contributed by atoms with Gasteiger partial charge < -0.3 is 19.5 Å². The van der Waals surface area contributed by atoms with Crippen molar-refractivity contribution in [3.05, 3.63) is 63.6 Å². The minimum Gasteiger partial charge on any atom is -0.493 e. The molecule has 0 saturated heterocycles. The van der Waals surface area contributed by atoms with Crippen molar-refractivity contribution in [3.63, 3.8) is 0 Å². The van der Waals surface area contributed by atoms with Gasteiger partial charge in [-0.15, -0.1) is 0 Å². The smallest absolute Gasteiger partial charge is 0.331 e. The molecule has 8 heteroatoms. The summed E-state index contributed by atoms with van der Waals surface area (Å²) in [6, 6.07) is 10.4. The second-order valence-corrected chi connectivity index (χ2v) is 6.74. The van der Waals surface area contributed by atoms with Crippen molar-refractivity contribution in [2.45, 2.75) is 6.42 Å². The quantitative estimate of drug-likeness (QED) is 0.475. The van der Waals surface area contributed by atoms with Gasteiger partial charge >= 0.3 is 5.97 Å². The fourth-order valence-corrected chi connectivity index (χ4v) is 2.88. The Balaban J connectivity index is 1.74. The van der Waals surface area contributed by atoms with E-state index < -0.39 is 11.9 Å². The molecule has 0 bridgehead atoms. The van der Waals surface area contributed by atoms with Gasteiger partial charge in [0.2, 0.25) is 0 Å². The number of methoxy groups -OCH3 is 2. The normalized spacial score (nSPS) is 10.6. The molecule has 0 heterocycles. The van der Waals surface area contributed by atoms with Crippen molar-refractivity contribution in [1.82, 2.24) is 5.32 Å². The minimum absolute atomic E-state index is 0.372. The number of ether oxygens (including phenoxy) is 3. The number of carbonyl (C=O) groups excluding carboxylic acids is 2. The van der Waals surface area contributed by atoms with Crippen LogP contribution in [0.2, 0.25) is 10.0 Å². The van der Waals surface area contributed by atoms with Crippen LogP contribution in [0.4, 0.5) is 0 Å². The van der Waals surface area contributed by atoms with Crippen LogP contribution in [0.25, 0.3) is 6.08 Å². The molecule has 0 aliphatic rings. The van der Waals surface area contributed by atoms with E-state index in [1.807, 2.05) is 12.1 Å². The van der Waals surface area contributed by atoms with E-state index in [1.54, 1.807) is 38.5 Å². The Morgan fingerprint density at radius 2 is 1.79 bits per heavy atom. The second-order valence-electron chi connectivity index (χ2n) is 5.90. The molecule has 0 saturated carbocycles. The van der Waals surface area contributed by atoms with Crippen LogP contribution in [0.3, 0.4) is 0 Å². The predicted molar refractivity (Wildman–Crippen MR) is 113 cm³/mol. The van der Waals surface area contributed by atoms with Crippen LogP contribution in [0.5, 0.6) is 11.5 Å². The van der Waals surface area contributed by atoms with Crippen LogP contribution in [0, 0.1) is 0 Å². The number of nitrogens with one attached hydrogen (secondary N) is 1. The molecule has 1 amide bonds. The number of esters is 1. The third-order valence-electron chi connectivity index (χ3n) is 3.89. The fourth-order valence-electron chi connectivity index (χ4n) is 2.41. The first-order valence-electron chi connectivity index (χ1n) is 8.70. The Bertz CT molecular complexity index is 899. The van der Waals surface area contributed by atoms with Gasteiger partial charge in [-0.05, 0) is 47.9 Å². The standard InChI is InChI=1S/C21H21Cl2NO5/c1-27-18-7-3-14(11-19(18)28-2)9-10-24-20(25)13-29-21(26)8-5-15-4-6-16(22)12-17(15)23/h3-8,11-12H,9-10,13H2,1-2H3,(H,24,25)/b8-5+. The first-order valence-corrected chi connectivity index (χ1v) is 9.46. The van der Waals surface area contributed by atoms with Gasteiger partial charge in [0.15, 0.2) is 18.1 Å². The molecule has 0 unspecified atom stereocenters. The summed E-state index contributed by atoms with van der Waals surface area (Å²) in [5, 5.41) is 3.60. The first kappa shape index (κ1) is 22.6. The van der Waals surface area contributed by atoms with Gasteiger partial charge in [-0.25, -0.2) is 4.79 Å². The van der Waals surface area contributed by atoms with Crippen LogP contribution in [0.15, 0.2) is 42.5 Å². The maximum Gasteiger partial charge on any atom is 0.331 e. The largest absolute Gasteiger partial charge is 0.493 e. The summed E-state index contributed by atoms with van der Waals surface area (Å²) in [6.45, 7) is 0.0194. The summed E-state index contributed by atoms with van der Waals surface area (Å²) in [6.07, 6.45) is 3.29. The molecule has 0 atom stereocenters. The van der Waals surface area contributed by atoms with E-state index in [1.165, 1.54) is 12.2 Å². The lowest BCUT2D eigenvalue weighted by Gasteiger charge is -2.10. The van der Waals surface area contributed by atoms with E-state index in [-0.39, 0.29) is 6.61 Å². The van der Waals surface area contributed by atoms with Crippen molar-refractivity contribution in [1.29, 1.82) is 0 Å². The Kier molecular flexibility index (Phi) is 8.83. The molecular weight excluding hydrogens is 417 g/mol. The Morgan fingerprint density at radius 1 is 1.03 bits per heavy atom. The average Bonchev–Trinajstić information content (AvgIpc) is 2.71. The monoisotopic (exact) mass is 437 g/mol. The Hall–Kier alpha value is -2.70. The van der Waals surface area contributed by atoms with Gasteiger partial charge in [-0.3, -0.25) is 4.79 Å². The zero-order valence-electron chi connectivity index (χ0n) is 16.0. The summed E-state index contributed by atoms with van der Waals surface area (Å²) in [4.78, 5) is 23.6. The molecule has 0 aliphatic carbocycles. The molecule has 1 N–H and O–H groups in total. The van der Waals surface area contributed by atoms with Crippen molar-refractivity contribution >= 4 is 41.2 Å². The average molecular weight is 438 g/mol. The predicted octanol–water partition coefficient (Wildman–Crippen LogP) is 3.93. The molecule has 0 radical (unpaired) electrons. The summed E-state index contributed by atoms with van der Waals surface area (Å²) in [7, 11) is 3.13. The van der Waals surface area contributed by atoms with Gasteiger partial charge in [0.25, 0.3) is 5.91 Å².